The van der Waals surface area contributed by atoms with Gasteiger partial charge in [-0.2, -0.15) is 15.2 Å². The topological polar surface area (TPSA) is 77.3 Å². The smallest absolute Gasteiger partial charge is 0.319 e. The van der Waals surface area contributed by atoms with E-state index >= 15 is 4.39 Å². The number of piperazine rings is 1. The first-order valence-electron chi connectivity index (χ1n) is 13.4. The maximum Gasteiger partial charge on any atom is 0.319 e. The molecule has 0 radical (unpaired) electrons. The second-order valence-corrected chi connectivity index (χ2v) is 10.8. The molecule has 0 aliphatic carbocycles. The Morgan fingerprint density at radius 3 is 2.77 bits per heavy atom. The van der Waals surface area contributed by atoms with Crippen molar-refractivity contribution in [3.05, 3.63) is 59.4 Å². The van der Waals surface area contributed by atoms with Gasteiger partial charge in [0.15, 0.2) is 5.82 Å². The van der Waals surface area contributed by atoms with Crippen molar-refractivity contribution in [1.82, 2.24) is 20.2 Å². The minimum absolute atomic E-state index is 0.00668. The van der Waals surface area contributed by atoms with E-state index in [1.54, 1.807) is 6.07 Å². The first-order chi connectivity index (χ1) is 19.0. The molecule has 2 aliphatic heterocycles. The highest BCUT2D eigenvalue weighted by Gasteiger charge is 2.26. The van der Waals surface area contributed by atoms with Crippen LogP contribution in [0, 0.1) is 17.1 Å². The first-order valence-corrected chi connectivity index (χ1v) is 13.8. The van der Waals surface area contributed by atoms with Crippen molar-refractivity contribution in [2.24, 2.45) is 0 Å². The zero-order chi connectivity index (χ0) is 26.9. The molecule has 9 heteroatoms. The lowest BCUT2D eigenvalue weighted by Crippen LogP contribution is -2.51. The molecule has 0 saturated carbocycles. The molecule has 39 heavy (non-hydrogen) atoms. The summed E-state index contributed by atoms with van der Waals surface area (Å²) in [5.74, 6) is 0.190. The number of nitrogens with one attached hydrogen (secondary N) is 1. The third kappa shape index (κ3) is 4.98. The van der Waals surface area contributed by atoms with Crippen molar-refractivity contribution in [2.75, 3.05) is 44.7 Å². The third-order valence-electron chi connectivity index (χ3n) is 7.88. The molecule has 7 nitrogen and oxygen atoms in total. The maximum atomic E-state index is 16.5. The molecule has 2 saturated heterocycles. The number of likely N-dealkylation sites (N-methyl/N-ethyl adjacent to an activating group) is 1. The van der Waals surface area contributed by atoms with Gasteiger partial charge in [0.25, 0.3) is 0 Å². The van der Waals surface area contributed by atoms with Crippen LogP contribution in [-0.4, -0.2) is 66.8 Å². The maximum absolute atomic E-state index is 16.5. The van der Waals surface area contributed by atoms with Gasteiger partial charge in [0.1, 0.15) is 17.9 Å². The summed E-state index contributed by atoms with van der Waals surface area (Å²) in [5, 5.41) is 15.6. The summed E-state index contributed by atoms with van der Waals surface area (Å²) < 4.78 is 22.6. The second kappa shape index (κ2) is 10.9. The highest BCUT2D eigenvalue weighted by atomic mass is 35.5. The van der Waals surface area contributed by atoms with Crippen molar-refractivity contribution in [2.45, 2.75) is 31.3 Å². The average Bonchev–Trinajstić information content (AvgIpc) is 3.36. The summed E-state index contributed by atoms with van der Waals surface area (Å²) in [4.78, 5) is 13.8. The fourth-order valence-corrected chi connectivity index (χ4v) is 6.07. The number of nitriles is 1. The second-order valence-electron chi connectivity index (χ2n) is 10.3. The summed E-state index contributed by atoms with van der Waals surface area (Å²) in [7, 11) is 2.09. The van der Waals surface area contributed by atoms with E-state index < -0.39 is 5.82 Å². The summed E-state index contributed by atoms with van der Waals surface area (Å²) in [6, 6.07) is 17.8. The highest BCUT2D eigenvalue weighted by molar-refractivity contribution is 6.36. The number of likely N-dealkylation sites (tertiary alicyclic amines) is 1. The predicted molar refractivity (Wildman–Crippen MR) is 153 cm³/mol. The molecule has 2 atom stereocenters. The number of anilines is 1. The average molecular weight is 545 g/mol. The van der Waals surface area contributed by atoms with Crippen molar-refractivity contribution in [3.63, 3.8) is 0 Å². The van der Waals surface area contributed by atoms with Crippen LogP contribution in [0.15, 0.2) is 48.5 Å². The lowest BCUT2D eigenvalue weighted by Gasteiger charge is -2.34. The molecule has 0 bridgehead atoms. The SMILES string of the molecule is CN1CCC[C@H]1COc1nc(N2CCN[C@@H](CC#N)C2)c2ccc(-c3cccc4cccc(Cl)c34)c(F)c2n1. The van der Waals surface area contributed by atoms with E-state index in [1.165, 1.54) is 0 Å². The largest absolute Gasteiger partial charge is 0.462 e. The van der Waals surface area contributed by atoms with Gasteiger partial charge in [-0.1, -0.05) is 48.0 Å². The van der Waals surface area contributed by atoms with Gasteiger partial charge in [-0.3, -0.25) is 0 Å². The summed E-state index contributed by atoms with van der Waals surface area (Å²) >= 11 is 6.58. The van der Waals surface area contributed by atoms with Gasteiger partial charge in [-0.15, -0.1) is 0 Å². The molecule has 1 N–H and O–H groups in total. The molecule has 1 aromatic heterocycles. The van der Waals surface area contributed by atoms with Gasteiger partial charge >= 0.3 is 6.01 Å². The fourth-order valence-electron chi connectivity index (χ4n) is 5.78. The molecule has 0 spiro atoms. The van der Waals surface area contributed by atoms with Crippen molar-refractivity contribution >= 4 is 39.1 Å². The highest BCUT2D eigenvalue weighted by Crippen LogP contribution is 2.38. The molecule has 4 aromatic rings. The normalized spacial score (nSPS) is 20.0. The van der Waals surface area contributed by atoms with Crippen molar-refractivity contribution in [1.29, 1.82) is 5.26 Å². The summed E-state index contributed by atoms with van der Waals surface area (Å²) in [5.41, 5.74) is 1.35. The molecule has 2 fully saturated rings. The van der Waals surface area contributed by atoms with E-state index in [-0.39, 0.29) is 23.6 Å². The monoisotopic (exact) mass is 544 g/mol. The Bertz CT molecular complexity index is 1570. The van der Waals surface area contributed by atoms with Gasteiger partial charge in [0.05, 0.1) is 12.5 Å². The number of fused-ring (bicyclic) bond motifs is 2. The number of hydrogen-bond acceptors (Lipinski definition) is 7. The quantitative estimate of drug-likeness (QED) is 0.348. The van der Waals surface area contributed by atoms with E-state index in [9.17, 15) is 5.26 Å². The van der Waals surface area contributed by atoms with Crippen LogP contribution < -0.4 is 15.0 Å². The molecule has 0 amide bonds. The number of ether oxygens (including phenoxy) is 1. The molecule has 3 aromatic carbocycles. The van der Waals surface area contributed by atoms with Crippen LogP contribution >= 0.6 is 11.6 Å². The lowest BCUT2D eigenvalue weighted by molar-refractivity contribution is 0.188. The summed E-state index contributed by atoms with van der Waals surface area (Å²) in [6.45, 7) is 3.45. The van der Waals surface area contributed by atoms with Gasteiger partial charge in [0, 0.05) is 53.1 Å². The number of aromatic nitrogens is 2. The van der Waals surface area contributed by atoms with Crippen LogP contribution in [-0.2, 0) is 0 Å². The Kier molecular flexibility index (Phi) is 7.22. The van der Waals surface area contributed by atoms with Crippen molar-refractivity contribution in [3.8, 4) is 23.2 Å². The van der Waals surface area contributed by atoms with Crippen LogP contribution in [0.25, 0.3) is 32.8 Å². The Labute approximate surface area is 232 Å². The fraction of sp³-hybridized carbons (Fsp3) is 0.367. The third-order valence-corrected chi connectivity index (χ3v) is 8.19. The number of hydrogen-bond donors (Lipinski definition) is 1. The van der Waals surface area contributed by atoms with E-state index in [0.717, 1.165) is 30.2 Å². The Hall–Kier alpha value is -3.51. The van der Waals surface area contributed by atoms with Gasteiger partial charge in [0.2, 0.25) is 0 Å². The van der Waals surface area contributed by atoms with Gasteiger partial charge in [-0.25, -0.2) is 4.39 Å². The molecule has 6 rings (SSSR count). The van der Waals surface area contributed by atoms with Crippen LogP contribution in [0.3, 0.4) is 0 Å². The van der Waals surface area contributed by atoms with Crippen LogP contribution in [0.5, 0.6) is 6.01 Å². The number of benzene rings is 3. The first kappa shape index (κ1) is 25.8. The zero-order valence-electron chi connectivity index (χ0n) is 21.8. The molecule has 2 aliphatic rings. The van der Waals surface area contributed by atoms with E-state index in [1.807, 2.05) is 42.5 Å². The van der Waals surface area contributed by atoms with Crippen molar-refractivity contribution < 1.29 is 9.13 Å². The number of halogens is 2. The zero-order valence-corrected chi connectivity index (χ0v) is 22.6. The number of rotatable bonds is 6. The molecular formula is C30H30ClFN6O. The summed E-state index contributed by atoms with van der Waals surface area (Å²) in [6.07, 6.45) is 2.56. The minimum Gasteiger partial charge on any atom is -0.462 e. The molecular weight excluding hydrogens is 515 g/mol. The lowest BCUT2D eigenvalue weighted by atomic mass is 9.96. The van der Waals surface area contributed by atoms with E-state index in [2.05, 4.69) is 33.2 Å². The Balaban J connectivity index is 1.47. The van der Waals surface area contributed by atoms with E-state index in [4.69, 9.17) is 21.3 Å². The van der Waals surface area contributed by atoms with Crippen LogP contribution in [0.1, 0.15) is 19.3 Å². The standard InChI is InChI=1S/C30H30ClFN6O/c1-37-15-4-7-21(37)18-39-30-35-28-24(29(36-30)38-16-14-34-20(17-38)12-13-33)11-10-23(27(28)32)22-8-2-5-19-6-3-9-25(31)26(19)22/h2-3,5-6,8-11,20-21,34H,4,7,12,14-18H2,1H3/t20-,21-/m0/s1. The predicted octanol–water partition coefficient (Wildman–Crippen LogP) is 5.41. The molecule has 0 unspecified atom stereocenters. The Morgan fingerprint density at radius 2 is 1.97 bits per heavy atom. The van der Waals surface area contributed by atoms with Gasteiger partial charge < -0.3 is 19.9 Å². The molecule has 3 heterocycles. The Morgan fingerprint density at radius 1 is 1.13 bits per heavy atom. The number of nitrogens with zero attached hydrogens (tertiary/aromatic N) is 5. The molecule has 200 valence electrons. The van der Waals surface area contributed by atoms with E-state index in [0.29, 0.717) is 60.0 Å². The minimum atomic E-state index is -0.435. The van der Waals surface area contributed by atoms with Crippen LogP contribution in [0.2, 0.25) is 5.02 Å². The van der Waals surface area contributed by atoms with Crippen LogP contribution in [0.4, 0.5) is 10.2 Å². The van der Waals surface area contributed by atoms with Gasteiger partial charge in [-0.05, 0) is 49.5 Å².